The van der Waals surface area contributed by atoms with Gasteiger partial charge in [0.15, 0.2) is 46.9 Å². The SMILES string of the molecule is CCN[C@H]1CO[C@@H](O[C@H]2[C@H](O[C@H]3C#C/C=C\C#CC4(O)CC(=O)C(NC(=O)OC)=C3/C4=C\CSC(C)=O)O[C@H](C)[C@@H](NO[C@H]3C[C@H](O)C(SC(=O)c4c(C)cc(O[C@@H]5O[C@@H](C)C(O)[C@@H](OC)[C@H]5O)c(OC)c4OC)[C@@H](C)O3)[C@@H]2O)C[C@@H]1OC. The highest BCUT2D eigenvalue weighted by Crippen LogP contribution is 2.46. The minimum absolute atomic E-state index is 0.0119. The number of Topliss-reactive ketones (excluding diaryl/α,β-unsaturated/α-hetero) is 1. The monoisotopic (exact) mass is 1210 g/mol. The van der Waals surface area contributed by atoms with Crippen molar-refractivity contribution in [2.75, 3.05) is 54.5 Å². The Bertz CT molecular complexity index is 2710. The Labute approximate surface area is 490 Å². The maximum absolute atomic E-state index is 14.3. The summed E-state index contributed by atoms with van der Waals surface area (Å²) in [4.78, 5) is 59.4. The summed E-state index contributed by atoms with van der Waals surface area (Å²) in [6.07, 6.45) is -14.6. The molecule has 2 bridgehead atoms. The summed E-state index contributed by atoms with van der Waals surface area (Å²) in [5.41, 5.74) is 0.782. The molecule has 4 heterocycles. The molecule has 4 fully saturated rings. The van der Waals surface area contributed by atoms with E-state index in [0.717, 1.165) is 30.6 Å². The van der Waals surface area contributed by atoms with Crippen molar-refractivity contribution in [3.8, 4) is 40.9 Å². The fraction of sp³-hybridized carbons (Fsp3) is 0.643. The van der Waals surface area contributed by atoms with Gasteiger partial charge in [-0.3, -0.25) is 24.5 Å². The van der Waals surface area contributed by atoms with E-state index >= 15 is 0 Å². The second-order valence-electron chi connectivity index (χ2n) is 20.3. The number of aliphatic hydroxyl groups excluding tert-OH is 4. The van der Waals surface area contributed by atoms with Crippen molar-refractivity contribution < 1.29 is 106 Å². The molecule has 0 aromatic heterocycles. The van der Waals surface area contributed by atoms with E-state index in [-0.39, 0.29) is 76.0 Å². The lowest BCUT2D eigenvalue weighted by atomic mass is 9.75. The van der Waals surface area contributed by atoms with Crippen molar-refractivity contribution in [3.05, 3.63) is 52.3 Å². The van der Waals surface area contributed by atoms with Crippen LogP contribution in [0, 0.1) is 30.6 Å². The average molecular weight is 1210 g/mol. The first-order chi connectivity index (χ1) is 39.6. The highest BCUT2D eigenvalue weighted by atomic mass is 32.2. The molecule has 83 heavy (non-hydrogen) atoms. The zero-order chi connectivity index (χ0) is 60.4. The van der Waals surface area contributed by atoms with Crippen LogP contribution in [0.5, 0.6) is 17.2 Å². The number of aryl methyl sites for hydroxylation is 1. The third-order valence-corrected chi connectivity index (χ3v) is 16.9. The molecular weight excluding hydrogens is 1130 g/mol. The number of benzene rings is 1. The molecule has 19 atom stereocenters. The van der Waals surface area contributed by atoms with Gasteiger partial charge >= 0.3 is 6.09 Å². The predicted octanol–water partition coefficient (Wildman–Crippen LogP) is 1.21. The molecule has 3 unspecified atom stereocenters. The molecule has 25 nitrogen and oxygen atoms in total. The van der Waals surface area contributed by atoms with Gasteiger partial charge in [-0.25, -0.2) is 4.79 Å². The van der Waals surface area contributed by atoms with Gasteiger partial charge in [0.05, 0.1) is 93.5 Å². The van der Waals surface area contributed by atoms with Gasteiger partial charge in [0.25, 0.3) is 0 Å². The highest BCUT2D eigenvalue weighted by molar-refractivity contribution is 8.14. The van der Waals surface area contributed by atoms with E-state index in [4.69, 9.17) is 61.7 Å². The summed E-state index contributed by atoms with van der Waals surface area (Å²) in [5.74, 6) is 10.6. The second kappa shape index (κ2) is 29.6. The molecule has 4 saturated heterocycles. The lowest BCUT2D eigenvalue weighted by Crippen LogP contribution is -2.65. The number of alkyl carbamates (subject to hydrolysis) is 1. The van der Waals surface area contributed by atoms with Crippen LogP contribution in [0.25, 0.3) is 0 Å². The summed E-state index contributed by atoms with van der Waals surface area (Å²) in [7, 11) is 6.70. The average Bonchev–Trinajstić information content (AvgIpc) is 2.44. The lowest BCUT2D eigenvalue weighted by molar-refractivity contribution is -0.336. The van der Waals surface area contributed by atoms with E-state index < -0.39 is 133 Å². The summed E-state index contributed by atoms with van der Waals surface area (Å²) in [6, 6.07) is 0.209. The Morgan fingerprint density at radius 1 is 0.867 bits per heavy atom. The predicted molar refractivity (Wildman–Crippen MR) is 296 cm³/mol. The fourth-order valence-corrected chi connectivity index (χ4v) is 12.2. The number of likely N-dealkylation sites (N-methyl/N-ethyl adjacent to an activating group) is 1. The van der Waals surface area contributed by atoms with Crippen molar-refractivity contribution in [3.63, 3.8) is 0 Å². The van der Waals surface area contributed by atoms with Gasteiger partial charge in [0, 0.05) is 50.9 Å². The summed E-state index contributed by atoms with van der Waals surface area (Å²) in [5, 5.41) is 62.0. The quantitative estimate of drug-likeness (QED) is 0.0672. The van der Waals surface area contributed by atoms with E-state index in [1.807, 2.05) is 6.92 Å². The third kappa shape index (κ3) is 15.3. The molecular formula is C56H75N3O22S2. The number of aliphatic hydroxyl groups is 5. The van der Waals surface area contributed by atoms with Gasteiger partial charge in [0.1, 0.15) is 36.6 Å². The zero-order valence-corrected chi connectivity index (χ0v) is 49.6. The highest BCUT2D eigenvalue weighted by Gasteiger charge is 2.52. The number of nitrogens with one attached hydrogen (secondary N) is 3. The molecule has 0 saturated carbocycles. The Morgan fingerprint density at radius 3 is 2.25 bits per heavy atom. The number of hydrogen-bond acceptors (Lipinski definition) is 26. The topological polar surface area (TPSA) is 326 Å². The van der Waals surface area contributed by atoms with Gasteiger partial charge in [-0.05, 0) is 58.0 Å². The van der Waals surface area contributed by atoms with Crippen LogP contribution in [-0.2, 0) is 57.1 Å². The van der Waals surface area contributed by atoms with Crippen LogP contribution in [0.1, 0.15) is 69.8 Å². The van der Waals surface area contributed by atoms with Crippen LogP contribution in [-0.4, -0.2) is 217 Å². The maximum Gasteiger partial charge on any atom is 0.411 e. The van der Waals surface area contributed by atoms with E-state index in [9.17, 15) is 44.7 Å². The van der Waals surface area contributed by atoms with E-state index in [1.54, 1.807) is 34.8 Å². The number of methoxy groups -OCH3 is 5. The molecule has 1 aromatic rings. The number of hydrogen-bond donors (Lipinski definition) is 8. The number of carbonyl (C=O) groups excluding carboxylic acids is 4. The molecule has 4 aliphatic heterocycles. The number of allylic oxidation sites excluding steroid dienone is 3. The maximum atomic E-state index is 14.3. The van der Waals surface area contributed by atoms with Gasteiger partial charge < -0.3 is 87.7 Å². The first-order valence-corrected chi connectivity index (χ1v) is 28.8. The number of hydroxylamine groups is 1. The number of carbonyl (C=O) groups is 4. The lowest BCUT2D eigenvalue weighted by Gasteiger charge is -2.46. The van der Waals surface area contributed by atoms with Crippen LogP contribution in [0.4, 0.5) is 4.79 Å². The molecule has 0 radical (unpaired) electrons. The summed E-state index contributed by atoms with van der Waals surface area (Å²) >= 11 is 1.73. The number of thioether (sulfide) groups is 2. The van der Waals surface area contributed by atoms with E-state index in [2.05, 4.69) is 39.8 Å². The van der Waals surface area contributed by atoms with Crippen molar-refractivity contribution in [2.24, 2.45) is 0 Å². The Morgan fingerprint density at radius 2 is 1.59 bits per heavy atom. The van der Waals surface area contributed by atoms with Gasteiger partial charge in [-0.1, -0.05) is 60.2 Å². The number of fused-ring (bicyclic) bond motifs is 2. The van der Waals surface area contributed by atoms with E-state index in [1.165, 1.54) is 52.5 Å². The molecule has 7 rings (SSSR count). The first kappa shape index (κ1) is 65.8. The third-order valence-electron chi connectivity index (χ3n) is 14.7. The van der Waals surface area contributed by atoms with Crippen molar-refractivity contribution >= 4 is 45.6 Å². The van der Waals surface area contributed by atoms with E-state index in [0.29, 0.717) is 12.1 Å². The summed E-state index contributed by atoms with van der Waals surface area (Å²) in [6.45, 7) is 10.6. The van der Waals surface area contributed by atoms with Crippen LogP contribution in [0.3, 0.4) is 0 Å². The fourth-order valence-electron chi connectivity index (χ4n) is 10.5. The van der Waals surface area contributed by atoms with Crippen molar-refractivity contribution in [2.45, 2.75) is 176 Å². The Hall–Kier alpha value is -4.70. The molecule has 1 aromatic carbocycles. The smallest absolute Gasteiger partial charge is 0.411 e. The van der Waals surface area contributed by atoms with Crippen LogP contribution < -0.4 is 30.3 Å². The first-order valence-electron chi connectivity index (χ1n) is 26.9. The minimum atomic E-state index is -2.16. The largest absolute Gasteiger partial charge is 0.492 e. The van der Waals surface area contributed by atoms with Gasteiger partial charge in [-0.2, -0.15) is 5.48 Å². The van der Waals surface area contributed by atoms with Gasteiger partial charge in [0.2, 0.25) is 17.2 Å². The number of ketones is 1. The van der Waals surface area contributed by atoms with Crippen molar-refractivity contribution in [1.82, 2.24) is 16.1 Å². The van der Waals surface area contributed by atoms with Crippen molar-refractivity contribution in [1.29, 1.82) is 0 Å². The molecule has 8 N–H and O–H groups in total. The number of rotatable bonds is 20. The van der Waals surface area contributed by atoms with Gasteiger partial charge in [-0.15, -0.1) is 0 Å². The Balaban J connectivity index is 1.11. The number of amides is 1. The van der Waals surface area contributed by atoms with Crippen LogP contribution >= 0.6 is 23.5 Å². The summed E-state index contributed by atoms with van der Waals surface area (Å²) < 4.78 is 71.4. The molecule has 27 heteroatoms. The zero-order valence-electron chi connectivity index (χ0n) is 47.9. The molecule has 0 spiro atoms. The Kier molecular flexibility index (Phi) is 23.5. The minimum Gasteiger partial charge on any atom is -0.492 e. The van der Waals surface area contributed by atoms with Crippen LogP contribution in [0.15, 0.2) is 41.1 Å². The molecule has 6 aliphatic rings. The standard InChI is InChI=1S/C56H75N3O22S2/c1-12-57-32-25-74-38(23-36(32)69-7)80-50-45(64)42(27(3)76-54(50)78-35-17-15-13-14-16-19-56(68)24-34(62)43(58-55(67)73-11)41(35)31(56)18-20-82-30(6)60)59-81-39-22-33(61)51(29(5)75-39)83-52(66)40-26(2)21-37(47(70-8)48(40)71-9)79-53-46(65)49(72-10)44(63)28(4)77-53/h13-14,18,21,27-29,32-33,35-36,38-39,42,44-46,49-51,53-54,57,59,61,63-65,68H,12,20,22-25H2,1-11H3,(H,58,67)/b14-13-,31-18+/t27-,28+,29-,32+,33+,35+,36+,38+,39+,42-,44?,45+,46-,49-,50-,51?,53+,54+,56?/m1/s1. The van der Waals surface area contributed by atoms with Crippen LogP contribution in [0.2, 0.25) is 0 Å². The molecule has 2 aliphatic carbocycles. The molecule has 1 amide bonds. The second-order valence-corrected chi connectivity index (χ2v) is 22.6. The number of ether oxygens (including phenoxy) is 12. The molecule has 458 valence electrons. The normalized spacial score (nSPS) is 36.1.